The molecular formula is C14H17Cl2NO2. The predicted molar refractivity (Wildman–Crippen MR) is 79.4 cm³/mol. The molecule has 0 aliphatic carbocycles. The minimum Gasteiger partial charge on any atom is -0.393 e. The molecule has 0 radical (unpaired) electrons. The van der Waals surface area contributed by atoms with Crippen molar-refractivity contribution in [1.29, 1.82) is 0 Å². The molecule has 1 N–H and O–H groups in total. The van der Waals surface area contributed by atoms with Gasteiger partial charge in [-0.2, -0.15) is 0 Å². The highest BCUT2D eigenvalue weighted by atomic mass is 35.5. The molecule has 0 heterocycles. The Balaban J connectivity index is 2.60. The van der Waals surface area contributed by atoms with Crippen LogP contribution in [0.25, 0.3) is 6.08 Å². The summed E-state index contributed by atoms with van der Waals surface area (Å²) in [4.78, 5) is 13.3. The zero-order chi connectivity index (χ0) is 14.4. The number of carbonyl (C=O) groups is 1. The van der Waals surface area contributed by atoms with E-state index >= 15 is 0 Å². The van der Waals surface area contributed by atoms with E-state index in [4.69, 9.17) is 28.3 Å². The maximum absolute atomic E-state index is 11.8. The maximum atomic E-state index is 11.8. The fourth-order valence-electron chi connectivity index (χ4n) is 1.40. The van der Waals surface area contributed by atoms with Gasteiger partial charge < -0.3 is 10.0 Å². The van der Waals surface area contributed by atoms with E-state index in [2.05, 4.69) is 0 Å². The van der Waals surface area contributed by atoms with Crippen LogP contribution < -0.4 is 0 Å². The van der Waals surface area contributed by atoms with Crippen LogP contribution in [0.3, 0.4) is 0 Å². The highest BCUT2D eigenvalue weighted by Gasteiger charge is 2.06. The van der Waals surface area contributed by atoms with Crippen LogP contribution >= 0.6 is 23.2 Å². The van der Waals surface area contributed by atoms with Crippen molar-refractivity contribution in [2.45, 2.75) is 19.4 Å². The minimum absolute atomic E-state index is 0.119. The summed E-state index contributed by atoms with van der Waals surface area (Å²) in [6.07, 6.45) is 3.31. The van der Waals surface area contributed by atoms with Gasteiger partial charge in [-0.3, -0.25) is 4.79 Å². The molecule has 1 atom stereocenters. The van der Waals surface area contributed by atoms with Gasteiger partial charge in [0.1, 0.15) is 0 Å². The highest BCUT2D eigenvalue weighted by Crippen LogP contribution is 2.23. The van der Waals surface area contributed by atoms with Gasteiger partial charge in [0.05, 0.1) is 16.1 Å². The SMILES string of the molecule is CC(O)CCN(C)C(=O)/C=C/c1ccc(Cl)c(Cl)c1. The summed E-state index contributed by atoms with van der Waals surface area (Å²) in [5.41, 5.74) is 0.812. The summed E-state index contributed by atoms with van der Waals surface area (Å²) in [5.74, 6) is -0.119. The second kappa shape index (κ2) is 7.53. The fraction of sp³-hybridized carbons (Fsp3) is 0.357. The van der Waals surface area contributed by atoms with Crippen LogP contribution in [-0.4, -0.2) is 35.6 Å². The van der Waals surface area contributed by atoms with Crippen molar-refractivity contribution < 1.29 is 9.90 Å². The van der Waals surface area contributed by atoms with E-state index in [1.165, 1.54) is 6.08 Å². The topological polar surface area (TPSA) is 40.5 Å². The van der Waals surface area contributed by atoms with Gasteiger partial charge in [-0.15, -0.1) is 0 Å². The number of aliphatic hydroxyl groups is 1. The monoisotopic (exact) mass is 301 g/mol. The molecule has 5 heteroatoms. The zero-order valence-corrected chi connectivity index (χ0v) is 12.4. The number of aliphatic hydroxyl groups excluding tert-OH is 1. The van der Waals surface area contributed by atoms with E-state index in [9.17, 15) is 4.79 Å². The maximum Gasteiger partial charge on any atom is 0.246 e. The van der Waals surface area contributed by atoms with Crippen molar-refractivity contribution in [3.05, 3.63) is 39.9 Å². The molecule has 1 aromatic carbocycles. The lowest BCUT2D eigenvalue weighted by Crippen LogP contribution is -2.27. The molecule has 0 saturated heterocycles. The first-order valence-electron chi connectivity index (χ1n) is 5.96. The van der Waals surface area contributed by atoms with Gasteiger partial charge in [0.15, 0.2) is 0 Å². The number of nitrogens with zero attached hydrogens (tertiary/aromatic N) is 1. The Labute approximate surface area is 123 Å². The van der Waals surface area contributed by atoms with E-state index < -0.39 is 6.10 Å². The van der Waals surface area contributed by atoms with Gasteiger partial charge >= 0.3 is 0 Å². The average molecular weight is 302 g/mol. The molecule has 1 amide bonds. The van der Waals surface area contributed by atoms with Gasteiger partial charge in [0, 0.05) is 19.7 Å². The van der Waals surface area contributed by atoms with E-state index in [1.54, 1.807) is 43.1 Å². The summed E-state index contributed by atoms with van der Waals surface area (Å²) in [6.45, 7) is 2.21. The van der Waals surface area contributed by atoms with Gasteiger partial charge in [0.2, 0.25) is 5.91 Å². The summed E-state index contributed by atoms with van der Waals surface area (Å²) >= 11 is 11.7. The van der Waals surface area contributed by atoms with Crippen LogP contribution in [0.2, 0.25) is 10.0 Å². The second-order valence-corrected chi connectivity index (χ2v) is 5.22. The number of rotatable bonds is 5. The Morgan fingerprint density at radius 2 is 2.11 bits per heavy atom. The summed E-state index contributed by atoms with van der Waals surface area (Å²) in [7, 11) is 1.70. The van der Waals surface area contributed by atoms with Gasteiger partial charge in [-0.1, -0.05) is 29.3 Å². The Morgan fingerprint density at radius 1 is 1.42 bits per heavy atom. The largest absolute Gasteiger partial charge is 0.393 e. The third-order valence-corrected chi connectivity index (χ3v) is 3.36. The number of carbonyl (C=O) groups excluding carboxylic acids is 1. The zero-order valence-electron chi connectivity index (χ0n) is 10.9. The molecule has 104 valence electrons. The van der Waals surface area contributed by atoms with Gasteiger partial charge in [-0.25, -0.2) is 0 Å². The van der Waals surface area contributed by atoms with E-state index in [-0.39, 0.29) is 5.91 Å². The number of amides is 1. The van der Waals surface area contributed by atoms with Crippen molar-refractivity contribution >= 4 is 35.2 Å². The van der Waals surface area contributed by atoms with Crippen LogP contribution in [0.5, 0.6) is 0 Å². The first kappa shape index (κ1) is 16.0. The Kier molecular flexibility index (Phi) is 6.35. The smallest absolute Gasteiger partial charge is 0.246 e. The summed E-state index contributed by atoms with van der Waals surface area (Å²) < 4.78 is 0. The molecular weight excluding hydrogens is 285 g/mol. The van der Waals surface area contributed by atoms with Crippen molar-refractivity contribution in [1.82, 2.24) is 4.90 Å². The lowest BCUT2D eigenvalue weighted by atomic mass is 10.2. The Bertz CT molecular complexity index is 473. The van der Waals surface area contributed by atoms with Crippen molar-refractivity contribution in [2.24, 2.45) is 0 Å². The van der Waals surface area contributed by atoms with Crippen LogP contribution in [0.4, 0.5) is 0 Å². The normalized spacial score (nSPS) is 12.7. The molecule has 0 spiro atoms. The molecule has 1 rings (SSSR count). The average Bonchev–Trinajstić information content (AvgIpc) is 2.36. The van der Waals surface area contributed by atoms with Crippen molar-refractivity contribution in [3.8, 4) is 0 Å². The highest BCUT2D eigenvalue weighted by molar-refractivity contribution is 6.42. The molecule has 0 aromatic heterocycles. The number of hydrogen-bond acceptors (Lipinski definition) is 2. The lowest BCUT2D eigenvalue weighted by Gasteiger charge is -2.15. The fourth-order valence-corrected chi connectivity index (χ4v) is 1.71. The van der Waals surface area contributed by atoms with Gasteiger partial charge in [-0.05, 0) is 37.1 Å². The van der Waals surface area contributed by atoms with Crippen LogP contribution in [0.1, 0.15) is 18.9 Å². The molecule has 0 aliphatic heterocycles. The van der Waals surface area contributed by atoms with Crippen molar-refractivity contribution in [3.63, 3.8) is 0 Å². The summed E-state index contributed by atoms with van der Waals surface area (Å²) in [5, 5.41) is 10.1. The van der Waals surface area contributed by atoms with E-state index in [1.807, 2.05) is 0 Å². The van der Waals surface area contributed by atoms with Crippen LogP contribution in [-0.2, 0) is 4.79 Å². The third-order valence-electron chi connectivity index (χ3n) is 2.62. The molecule has 0 saturated carbocycles. The third kappa shape index (κ3) is 5.64. The number of hydrogen-bond donors (Lipinski definition) is 1. The standard InChI is InChI=1S/C14H17Cl2NO2/c1-10(18)7-8-17(2)14(19)6-4-11-3-5-12(15)13(16)9-11/h3-6,9-10,18H,7-8H2,1-2H3/b6-4+. The first-order valence-corrected chi connectivity index (χ1v) is 6.72. The quantitative estimate of drug-likeness (QED) is 0.848. The van der Waals surface area contributed by atoms with Crippen molar-refractivity contribution in [2.75, 3.05) is 13.6 Å². The predicted octanol–water partition coefficient (Wildman–Crippen LogP) is 3.24. The number of likely N-dealkylation sites (N-methyl/N-ethyl adjacent to an activating group) is 1. The van der Waals surface area contributed by atoms with Crippen LogP contribution in [0.15, 0.2) is 24.3 Å². The molecule has 19 heavy (non-hydrogen) atoms. The first-order chi connectivity index (χ1) is 8.90. The number of benzene rings is 1. The minimum atomic E-state index is -0.408. The van der Waals surface area contributed by atoms with Gasteiger partial charge in [0.25, 0.3) is 0 Å². The molecule has 0 fully saturated rings. The van der Waals surface area contributed by atoms with E-state index in [0.717, 1.165) is 5.56 Å². The second-order valence-electron chi connectivity index (χ2n) is 4.40. The van der Waals surface area contributed by atoms with Crippen LogP contribution in [0, 0.1) is 0 Å². The molecule has 0 aliphatic rings. The molecule has 3 nitrogen and oxygen atoms in total. The van der Waals surface area contributed by atoms with E-state index in [0.29, 0.717) is 23.0 Å². The summed E-state index contributed by atoms with van der Waals surface area (Å²) in [6, 6.07) is 5.17. The molecule has 0 bridgehead atoms. The number of halogens is 2. The Hall–Kier alpha value is -1.03. The lowest BCUT2D eigenvalue weighted by molar-refractivity contribution is -0.124. The Morgan fingerprint density at radius 3 is 2.68 bits per heavy atom. The molecule has 1 unspecified atom stereocenters. The molecule has 1 aromatic rings.